The first-order valence-electron chi connectivity index (χ1n) is 7.53. The van der Waals surface area contributed by atoms with Gasteiger partial charge in [0.2, 0.25) is 0 Å². The third-order valence-corrected chi connectivity index (χ3v) is 3.42. The Morgan fingerprint density at radius 1 is 1.27 bits per heavy atom. The summed E-state index contributed by atoms with van der Waals surface area (Å²) in [4.78, 5) is 13.9. The van der Waals surface area contributed by atoms with E-state index >= 15 is 0 Å². The number of morpholine rings is 1. The Kier molecular flexibility index (Phi) is 5.68. The summed E-state index contributed by atoms with van der Waals surface area (Å²) in [6.45, 7) is 8.03. The van der Waals surface area contributed by atoms with Gasteiger partial charge in [0, 0.05) is 24.5 Å². The molecule has 1 aromatic carbocycles. The molecule has 1 saturated heterocycles. The van der Waals surface area contributed by atoms with E-state index < -0.39 is 0 Å². The van der Waals surface area contributed by atoms with Crippen molar-refractivity contribution in [3.8, 4) is 11.8 Å². The Morgan fingerprint density at radius 2 is 1.91 bits per heavy atom. The van der Waals surface area contributed by atoms with Crippen molar-refractivity contribution in [1.82, 2.24) is 5.32 Å². The van der Waals surface area contributed by atoms with Gasteiger partial charge in [0.15, 0.2) is 0 Å². The lowest BCUT2D eigenvalue weighted by Gasteiger charge is -2.36. The van der Waals surface area contributed by atoms with E-state index in [0.717, 1.165) is 24.5 Å². The summed E-state index contributed by atoms with van der Waals surface area (Å²) in [5.41, 5.74) is 1.91. The fourth-order valence-corrected chi connectivity index (χ4v) is 2.53. The van der Waals surface area contributed by atoms with Gasteiger partial charge in [-0.25, -0.2) is 4.79 Å². The van der Waals surface area contributed by atoms with Crippen molar-refractivity contribution in [3.63, 3.8) is 0 Å². The van der Waals surface area contributed by atoms with Gasteiger partial charge in [-0.3, -0.25) is 0 Å². The fourth-order valence-electron chi connectivity index (χ4n) is 2.53. The number of hydrogen-bond acceptors (Lipinski definition) is 3. The van der Waals surface area contributed by atoms with Crippen LogP contribution >= 0.6 is 0 Å². The average Bonchev–Trinajstić information content (AvgIpc) is 2.47. The molecule has 1 aromatic rings. The Balaban J connectivity index is 1.92. The molecule has 2 atom stereocenters. The standard InChI is InChI=1S/C17H23N3O2/c1-4-5-10-18-17(21)19-15-6-8-16(9-7-15)20-11-13(2)22-14(3)12-20/h6-9,13-14H,10-12H2,1-3H3,(H2,18,19,21)/t13-,14-/m0/s1. The number of hydrogen-bond donors (Lipinski definition) is 2. The van der Waals surface area contributed by atoms with Gasteiger partial charge in [-0.1, -0.05) is 5.92 Å². The smallest absolute Gasteiger partial charge is 0.319 e. The van der Waals surface area contributed by atoms with Gasteiger partial charge in [-0.2, -0.15) is 0 Å². The van der Waals surface area contributed by atoms with E-state index in [9.17, 15) is 4.79 Å². The quantitative estimate of drug-likeness (QED) is 0.843. The van der Waals surface area contributed by atoms with Gasteiger partial charge in [-0.15, -0.1) is 5.92 Å². The van der Waals surface area contributed by atoms with Crippen LogP contribution in [0.25, 0.3) is 0 Å². The van der Waals surface area contributed by atoms with Crippen LogP contribution in [-0.4, -0.2) is 37.9 Å². The second kappa shape index (κ2) is 7.71. The molecule has 2 amide bonds. The number of carbonyl (C=O) groups is 1. The van der Waals surface area contributed by atoms with Crippen LogP contribution in [0.3, 0.4) is 0 Å². The first kappa shape index (κ1) is 16.2. The molecular formula is C17H23N3O2. The first-order valence-corrected chi connectivity index (χ1v) is 7.53. The Hall–Kier alpha value is -2.19. The third kappa shape index (κ3) is 4.68. The molecular weight excluding hydrogens is 278 g/mol. The Morgan fingerprint density at radius 3 is 2.50 bits per heavy atom. The highest BCUT2D eigenvalue weighted by atomic mass is 16.5. The van der Waals surface area contributed by atoms with E-state index in [1.807, 2.05) is 24.3 Å². The van der Waals surface area contributed by atoms with Crippen molar-refractivity contribution in [2.75, 3.05) is 29.9 Å². The molecule has 22 heavy (non-hydrogen) atoms. The summed E-state index contributed by atoms with van der Waals surface area (Å²) in [6, 6.07) is 7.61. The number of rotatable bonds is 3. The largest absolute Gasteiger partial charge is 0.372 e. The van der Waals surface area contributed by atoms with Crippen LogP contribution in [0.4, 0.5) is 16.2 Å². The zero-order valence-corrected chi connectivity index (χ0v) is 13.3. The van der Waals surface area contributed by atoms with Crippen LogP contribution in [0, 0.1) is 11.8 Å². The number of amides is 2. The summed E-state index contributed by atoms with van der Waals surface area (Å²) in [5.74, 6) is 5.51. The molecule has 1 aliphatic heterocycles. The van der Waals surface area contributed by atoms with Crippen molar-refractivity contribution in [2.45, 2.75) is 33.0 Å². The van der Waals surface area contributed by atoms with Gasteiger partial charge in [0.05, 0.1) is 18.8 Å². The van der Waals surface area contributed by atoms with Crippen LogP contribution in [-0.2, 0) is 4.74 Å². The minimum absolute atomic E-state index is 0.229. The molecule has 0 saturated carbocycles. The van der Waals surface area contributed by atoms with E-state index in [1.54, 1.807) is 6.92 Å². The molecule has 118 valence electrons. The van der Waals surface area contributed by atoms with Gasteiger partial charge >= 0.3 is 6.03 Å². The maximum atomic E-state index is 11.6. The lowest BCUT2D eigenvalue weighted by atomic mass is 10.2. The molecule has 5 heteroatoms. The lowest BCUT2D eigenvalue weighted by molar-refractivity contribution is -0.00521. The van der Waals surface area contributed by atoms with Crippen LogP contribution in [0.2, 0.25) is 0 Å². The van der Waals surface area contributed by atoms with Gasteiger partial charge < -0.3 is 20.3 Å². The molecule has 1 fully saturated rings. The molecule has 2 N–H and O–H groups in total. The minimum Gasteiger partial charge on any atom is -0.372 e. The van der Waals surface area contributed by atoms with Gasteiger partial charge in [0.25, 0.3) is 0 Å². The van der Waals surface area contributed by atoms with Crippen molar-refractivity contribution in [2.24, 2.45) is 0 Å². The monoisotopic (exact) mass is 301 g/mol. The second-order valence-corrected chi connectivity index (χ2v) is 5.44. The number of ether oxygens (including phenoxy) is 1. The molecule has 1 aliphatic rings. The van der Waals surface area contributed by atoms with E-state index in [0.29, 0.717) is 6.54 Å². The SMILES string of the molecule is CC#CCNC(=O)Nc1ccc(N2C[C@H](C)O[C@@H](C)C2)cc1. The molecule has 0 unspecified atom stereocenters. The average molecular weight is 301 g/mol. The maximum Gasteiger partial charge on any atom is 0.319 e. The van der Waals surface area contributed by atoms with E-state index in [1.165, 1.54) is 0 Å². The molecule has 0 aromatic heterocycles. The predicted molar refractivity (Wildman–Crippen MR) is 89.1 cm³/mol. The minimum atomic E-state index is -0.246. The zero-order chi connectivity index (χ0) is 15.9. The number of anilines is 2. The molecule has 0 bridgehead atoms. The first-order chi connectivity index (χ1) is 10.6. The maximum absolute atomic E-state index is 11.6. The summed E-state index contributed by atoms with van der Waals surface area (Å²) in [7, 11) is 0. The zero-order valence-electron chi connectivity index (χ0n) is 13.3. The summed E-state index contributed by atoms with van der Waals surface area (Å²) in [5, 5.41) is 5.46. The molecule has 0 spiro atoms. The van der Waals surface area contributed by atoms with Crippen molar-refractivity contribution in [1.29, 1.82) is 0 Å². The molecule has 0 radical (unpaired) electrons. The van der Waals surface area contributed by atoms with Crippen LogP contribution in [0.1, 0.15) is 20.8 Å². The van der Waals surface area contributed by atoms with Crippen molar-refractivity contribution < 1.29 is 9.53 Å². The number of carbonyl (C=O) groups excluding carboxylic acids is 1. The summed E-state index contributed by atoms with van der Waals surface area (Å²) in [6.07, 6.45) is 0.457. The second-order valence-electron chi connectivity index (χ2n) is 5.44. The highest BCUT2D eigenvalue weighted by Crippen LogP contribution is 2.22. The molecule has 5 nitrogen and oxygen atoms in total. The van der Waals surface area contributed by atoms with E-state index in [4.69, 9.17) is 4.74 Å². The number of nitrogens with one attached hydrogen (secondary N) is 2. The molecule has 1 heterocycles. The highest BCUT2D eigenvalue weighted by molar-refractivity contribution is 5.89. The van der Waals surface area contributed by atoms with Gasteiger partial charge in [0.1, 0.15) is 0 Å². The Labute approximate surface area is 132 Å². The van der Waals surface area contributed by atoms with Crippen LogP contribution < -0.4 is 15.5 Å². The predicted octanol–water partition coefficient (Wildman–Crippen LogP) is 2.45. The van der Waals surface area contributed by atoms with E-state index in [-0.39, 0.29) is 18.2 Å². The summed E-state index contributed by atoms with van der Waals surface area (Å²) < 4.78 is 5.74. The number of nitrogens with zero attached hydrogens (tertiary/aromatic N) is 1. The number of urea groups is 1. The molecule has 2 rings (SSSR count). The van der Waals surface area contributed by atoms with E-state index in [2.05, 4.69) is 41.2 Å². The normalized spacial score (nSPS) is 20.8. The van der Waals surface area contributed by atoms with Crippen molar-refractivity contribution >= 4 is 17.4 Å². The van der Waals surface area contributed by atoms with Crippen LogP contribution in [0.15, 0.2) is 24.3 Å². The van der Waals surface area contributed by atoms with Crippen molar-refractivity contribution in [3.05, 3.63) is 24.3 Å². The summed E-state index contributed by atoms with van der Waals surface area (Å²) >= 11 is 0. The number of benzene rings is 1. The highest BCUT2D eigenvalue weighted by Gasteiger charge is 2.22. The third-order valence-electron chi connectivity index (χ3n) is 3.42. The van der Waals surface area contributed by atoms with Crippen LogP contribution in [0.5, 0.6) is 0 Å². The molecule has 0 aliphatic carbocycles. The lowest BCUT2D eigenvalue weighted by Crippen LogP contribution is -2.45. The van der Waals surface area contributed by atoms with Gasteiger partial charge in [-0.05, 0) is 45.0 Å². The topological polar surface area (TPSA) is 53.6 Å². The Bertz CT molecular complexity index is 550. The fraction of sp³-hybridized carbons (Fsp3) is 0.471.